The van der Waals surface area contributed by atoms with Crippen LogP contribution in [0.1, 0.15) is 32.5 Å². The van der Waals surface area contributed by atoms with Crippen LogP contribution in [0, 0.1) is 5.92 Å². The van der Waals surface area contributed by atoms with Gasteiger partial charge in [0.2, 0.25) is 0 Å². The van der Waals surface area contributed by atoms with E-state index in [2.05, 4.69) is 21.6 Å². The minimum absolute atomic E-state index is 0.135. The summed E-state index contributed by atoms with van der Waals surface area (Å²) in [5.41, 5.74) is 0. The molecular weight excluding hydrogens is 266 g/mol. The first-order valence-corrected chi connectivity index (χ1v) is 8.20. The predicted octanol–water partition coefficient (Wildman–Crippen LogP) is 1.07. The number of imidazole rings is 1. The Kier molecular flexibility index (Phi) is 4.59. The molecule has 6 nitrogen and oxygen atoms in total. The third-order valence-corrected chi connectivity index (χ3v) is 4.85. The van der Waals surface area contributed by atoms with Crippen LogP contribution in [0.5, 0.6) is 0 Å². The third kappa shape index (κ3) is 3.34. The van der Waals surface area contributed by atoms with Crippen molar-refractivity contribution in [3.05, 3.63) is 12.0 Å². The van der Waals surface area contributed by atoms with Crippen LogP contribution in [0.15, 0.2) is 11.2 Å². The number of nitrogens with zero attached hydrogens (tertiary/aromatic N) is 1. The first-order valence-electron chi connectivity index (χ1n) is 6.72. The van der Waals surface area contributed by atoms with Crippen molar-refractivity contribution in [3.8, 4) is 0 Å². The van der Waals surface area contributed by atoms with Crippen LogP contribution in [0.4, 0.5) is 0 Å². The highest BCUT2D eigenvalue weighted by Gasteiger charge is 2.28. The number of aromatic amines is 1. The molecule has 2 N–H and O–H groups in total. The molecule has 7 heteroatoms. The second kappa shape index (κ2) is 6.02. The van der Waals surface area contributed by atoms with E-state index in [1.807, 2.05) is 6.92 Å². The van der Waals surface area contributed by atoms with Gasteiger partial charge in [0, 0.05) is 25.5 Å². The average Bonchev–Trinajstić information content (AvgIpc) is 3.05. The lowest BCUT2D eigenvalue weighted by molar-refractivity contribution is 0.0884. The molecule has 2 rings (SSSR count). The zero-order chi connectivity index (χ0) is 13.9. The maximum Gasteiger partial charge on any atom is 0.257 e. The number of nitrogens with one attached hydrogen (secondary N) is 2. The second-order valence-corrected chi connectivity index (χ2v) is 6.50. The van der Waals surface area contributed by atoms with Gasteiger partial charge in [-0.3, -0.25) is 0 Å². The topological polar surface area (TPSA) is 84.1 Å². The minimum Gasteiger partial charge on any atom is -0.378 e. The fourth-order valence-electron chi connectivity index (χ4n) is 2.33. The molecule has 2 heterocycles. The van der Waals surface area contributed by atoms with Gasteiger partial charge in [-0.05, 0) is 12.8 Å². The lowest BCUT2D eigenvalue weighted by Crippen LogP contribution is -2.32. The van der Waals surface area contributed by atoms with Crippen LogP contribution in [-0.4, -0.2) is 37.6 Å². The van der Waals surface area contributed by atoms with Crippen molar-refractivity contribution in [3.63, 3.8) is 0 Å². The normalized spacial score (nSPS) is 23.9. The number of ether oxygens (including phenoxy) is 1. The largest absolute Gasteiger partial charge is 0.378 e. The molecule has 2 unspecified atom stereocenters. The Morgan fingerprint density at radius 2 is 2.32 bits per heavy atom. The maximum atomic E-state index is 12.1. The summed E-state index contributed by atoms with van der Waals surface area (Å²) in [6.07, 6.45) is 4.03. The molecule has 1 aromatic rings. The van der Waals surface area contributed by atoms with E-state index in [4.69, 9.17) is 4.74 Å². The Morgan fingerprint density at radius 1 is 1.53 bits per heavy atom. The van der Waals surface area contributed by atoms with E-state index in [-0.39, 0.29) is 17.0 Å². The smallest absolute Gasteiger partial charge is 0.257 e. The van der Waals surface area contributed by atoms with Gasteiger partial charge in [-0.2, -0.15) is 0 Å². The fraction of sp³-hybridized carbons (Fsp3) is 0.750. The zero-order valence-electron chi connectivity index (χ0n) is 11.3. The molecule has 0 aliphatic carbocycles. The van der Waals surface area contributed by atoms with Crippen molar-refractivity contribution in [2.45, 2.75) is 44.2 Å². The average molecular weight is 287 g/mol. The summed E-state index contributed by atoms with van der Waals surface area (Å²) in [6, 6.07) is 0. The first kappa shape index (κ1) is 14.5. The molecule has 0 spiro atoms. The van der Waals surface area contributed by atoms with E-state index in [1.54, 1.807) is 0 Å². The van der Waals surface area contributed by atoms with Crippen LogP contribution in [0.3, 0.4) is 0 Å². The summed E-state index contributed by atoms with van der Waals surface area (Å²) in [7, 11) is -3.49. The fourth-order valence-corrected chi connectivity index (χ4v) is 3.36. The van der Waals surface area contributed by atoms with E-state index in [1.165, 1.54) is 6.20 Å². The summed E-state index contributed by atoms with van der Waals surface area (Å²) in [4.78, 5) is 6.82. The van der Waals surface area contributed by atoms with E-state index < -0.39 is 10.0 Å². The van der Waals surface area contributed by atoms with Gasteiger partial charge in [-0.15, -0.1) is 0 Å². The van der Waals surface area contributed by atoms with E-state index in [0.717, 1.165) is 19.4 Å². The summed E-state index contributed by atoms with van der Waals surface area (Å²) >= 11 is 0. The highest BCUT2D eigenvalue weighted by Crippen LogP contribution is 2.23. The number of hydrogen-bond acceptors (Lipinski definition) is 4. The van der Waals surface area contributed by atoms with Crippen molar-refractivity contribution < 1.29 is 13.2 Å². The standard InChI is InChI=1S/C12H21N3O3S/c1-3-10-9(5-6-18-10)7-14-19(16,17)12-8-13-11(4-2)15-12/h8-10,14H,3-7H2,1-2H3,(H,13,15). The highest BCUT2D eigenvalue weighted by molar-refractivity contribution is 7.89. The molecule has 0 saturated carbocycles. The molecule has 1 aliphatic heterocycles. The SMILES string of the molecule is CCc1ncc(S(=O)(=O)NCC2CCOC2CC)[nH]1. The van der Waals surface area contributed by atoms with Gasteiger partial charge in [0.25, 0.3) is 10.0 Å². The second-order valence-electron chi connectivity index (χ2n) is 4.77. The number of hydrogen-bond donors (Lipinski definition) is 2. The van der Waals surface area contributed by atoms with E-state index >= 15 is 0 Å². The number of aryl methyl sites for hydroxylation is 1. The summed E-state index contributed by atoms with van der Waals surface area (Å²) in [6.45, 7) is 5.11. The van der Waals surface area contributed by atoms with Gasteiger partial charge in [0.05, 0.1) is 12.3 Å². The molecular formula is C12H21N3O3S. The lowest BCUT2D eigenvalue weighted by atomic mass is 10.0. The van der Waals surface area contributed by atoms with Crippen LogP contribution < -0.4 is 4.72 Å². The van der Waals surface area contributed by atoms with E-state index in [0.29, 0.717) is 18.8 Å². The Morgan fingerprint density at radius 3 is 2.95 bits per heavy atom. The van der Waals surface area contributed by atoms with Crippen molar-refractivity contribution >= 4 is 10.0 Å². The minimum atomic E-state index is -3.49. The highest BCUT2D eigenvalue weighted by atomic mass is 32.2. The van der Waals surface area contributed by atoms with Gasteiger partial charge in [0.15, 0.2) is 5.03 Å². The van der Waals surface area contributed by atoms with Gasteiger partial charge < -0.3 is 9.72 Å². The van der Waals surface area contributed by atoms with Crippen LogP contribution >= 0.6 is 0 Å². The molecule has 1 saturated heterocycles. The van der Waals surface area contributed by atoms with Crippen molar-refractivity contribution in [2.75, 3.05) is 13.2 Å². The van der Waals surface area contributed by atoms with Crippen molar-refractivity contribution in [1.29, 1.82) is 0 Å². The van der Waals surface area contributed by atoms with Gasteiger partial charge in [-0.25, -0.2) is 18.1 Å². The Labute approximate surface area is 114 Å². The zero-order valence-corrected chi connectivity index (χ0v) is 12.2. The molecule has 2 atom stereocenters. The monoisotopic (exact) mass is 287 g/mol. The Hall–Kier alpha value is -0.920. The molecule has 1 aromatic heterocycles. The molecule has 108 valence electrons. The summed E-state index contributed by atoms with van der Waals surface area (Å²) in [5.74, 6) is 0.935. The first-order chi connectivity index (χ1) is 9.06. The Balaban J connectivity index is 1.97. The molecule has 0 bridgehead atoms. The molecule has 19 heavy (non-hydrogen) atoms. The summed E-state index contributed by atoms with van der Waals surface area (Å²) in [5, 5.41) is 0.135. The van der Waals surface area contributed by atoms with Crippen molar-refractivity contribution in [1.82, 2.24) is 14.7 Å². The molecule has 1 aliphatic rings. The number of H-pyrrole nitrogens is 1. The number of rotatable bonds is 6. The predicted molar refractivity (Wildman–Crippen MR) is 71.3 cm³/mol. The van der Waals surface area contributed by atoms with Gasteiger partial charge in [-0.1, -0.05) is 13.8 Å². The molecule has 1 fully saturated rings. The van der Waals surface area contributed by atoms with Crippen LogP contribution in [0.25, 0.3) is 0 Å². The number of aromatic nitrogens is 2. The lowest BCUT2D eigenvalue weighted by Gasteiger charge is -2.16. The van der Waals surface area contributed by atoms with Crippen LogP contribution in [-0.2, 0) is 21.2 Å². The molecule has 0 amide bonds. The summed E-state index contributed by atoms with van der Waals surface area (Å²) < 4.78 is 32.4. The molecule has 0 radical (unpaired) electrons. The molecule has 0 aromatic carbocycles. The van der Waals surface area contributed by atoms with E-state index in [9.17, 15) is 8.42 Å². The quantitative estimate of drug-likeness (QED) is 0.819. The van der Waals surface area contributed by atoms with Gasteiger partial charge in [0.1, 0.15) is 5.82 Å². The third-order valence-electron chi connectivity index (χ3n) is 3.51. The van der Waals surface area contributed by atoms with Crippen molar-refractivity contribution in [2.24, 2.45) is 5.92 Å². The number of sulfonamides is 1. The Bertz CT molecular complexity index is 512. The van der Waals surface area contributed by atoms with Crippen LogP contribution in [0.2, 0.25) is 0 Å². The van der Waals surface area contributed by atoms with Gasteiger partial charge >= 0.3 is 0 Å². The maximum absolute atomic E-state index is 12.1.